The molecule has 2 aromatic rings. The highest BCUT2D eigenvalue weighted by Crippen LogP contribution is 2.20. The predicted octanol–water partition coefficient (Wildman–Crippen LogP) is -5.85. The first-order chi connectivity index (χ1) is 39.9. The van der Waals surface area contributed by atoms with Gasteiger partial charge in [-0.25, -0.2) is 4.79 Å². The van der Waals surface area contributed by atoms with Gasteiger partial charge in [-0.15, -0.1) is 0 Å². The first-order valence-electron chi connectivity index (χ1n) is 27.5. The number of para-hydroxylation sites is 1. The molecule has 3 rings (SSSR count). The molecule has 2 aromatic carbocycles. The number of carbonyl (C=O) groups excluding carboxylic acids is 11. The zero-order chi connectivity index (χ0) is 62.6. The highest BCUT2D eigenvalue weighted by molar-refractivity contribution is 6.33. The Morgan fingerprint density at radius 3 is 1.63 bits per heavy atom. The maximum Gasteiger partial charge on any atom is 0.319 e. The SMILES string of the molecule is CC(C)C[C@@H]1NC(=O)[C@@H](Cc2ccccc2)NC(=O)[C@H](CCN)NC(=O)[C@@H](NC(=O)[C@@H](CO)NC(=O)[C@@H](NC(=O)[C@H](CCN)NC(=O)Nc2ccccc2Cl)[C@@H](C)O)CCNC(=O)[C@H]([C@@H](C)O)NC(=O)[C@H](CCN)NC(=O)[C@H](CCN)NC1=O. The van der Waals surface area contributed by atoms with Gasteiger partial charge in [0.25, 0.3) is 0 Å². The number of halogens is 1. The number of hydrogen-bond acceptors (Lipinski definition) is 18. The van der Waals surface area contributed by atoms with E-state index >= 15 is 0 Å². The van der Waals surface area contributed by atoms with Gasteiger partial charge >= 0.3 is 6.03 Å². The number of hydrogen-bond donors (Lipinski definition) is 19. The Morgan fingerprint density at radius 1 is 0.595 bits per heavy atom. The number of benzene rings is 2. The maximum atomic E-state index is 14.4. The highest BCUT2D eigenvalue weighted by atomic mass is 35.5. The molecule has 23 N–H and O–H groups in total. The summed E-state index contributed by atoms with van der Waals surface area (Å²) in [5, 5.41) is 61.6. The van der Waals surface area contributed by atoms with Crippen LogP contribution in [0.25, 0.3) is 0 Å². The van der Waals surface area contributed by atoms with Crippen molar-refractivity contribution >= 4 is 82.4 Å². The van der Waals surface area contributed by atoms with Crippen molar-refractivity contribution in [1.29, 1.82) is 0 Å². The van der Waals surface area contributed by atoms with Gasteiger partial charge in [-0.2, -0.15) is 0 Å². The fourth-order valence-electron chi connectivity index (χ4n) is 8.51. The second kappa shape index (κ2) is 36.2. The van der Waals surface area contributed by atoms with Gasteiger partial charge in [0.1, 0.15) is 60.4 Å². The molecule has 12 amide bonds. The molecule has 1 fully saturated rings. The van der Waals surface area contributed by atoms with Crippen LogP contribution in [-0.4, -0.2) is 192 Å². The molecule has 466 valence electrons. The number of urea groups is 1. The minimum Gasteiger partial charge on any atom is -0.394 e. The van der Waals surface area contributed by atoms with Crippen LogP contribution in [0.1, 0.15) is 71.8 Å². The summed E-state index contributed by atoms with van der Waals surface area (Å²) in [7, 11) is 0. The maximum absolute atomic E-state index is 14.4. The lowest BCUT2D eigenvalue weighted by atomic mass is 10.00. The molecule has 1 heterocycles. The molecule has 1 aliphatic heterocycles. The van der Waals surface area contributed by atoms with Gasteiger partial charge in [0, 0.05) is 13.0 Å². The van der Waals surface area contributed by atoms with E-state index < -0.39 is 157 Å². The van der Waals surface area contributed by atoms with Crippen LogP contribution in [0.15, 0.2) is 54.6 Å². The van der Waals surface area contributed by atoms with Crippen molar-refractivity contribution in [3.63, 3.8) is 0 Å². The van der Waals surface area contributed by atoms with Gasteiger partial charge in [0.2, 0.25) is 59.1 Å². The van der Waals surface area contributed by atoms with E-state index in [1.54, 1.807) is 56.3 Å². The van der Waals surface area contributed by atoms with Gasteiger partial charge in [0.15, 0.2) is 0 Å². The Hall–Kier alpha value is -7.58. The third-order valence-corrected chi connectivity index (χ3v) is 13.4. The van der Waals surface area contributed by atoms with Gasteiger partial charge in [0.05, 0.1) is 29.5 Å². The average molecular weight is 1200 g/mol. The first-order valence-corrected chi connectivity index (χ1v) is 27.9. The van der Waals surface area contributed by atoms with Gasteiger partial charge < -0.3 is 102 Å². The molecule has 1 aliphatic rings. The van der Waals surface area contributed by atoms with Crippen LogP contribution in [0.4, 0.5) is 10.5 Å². The van der Waals surface area contributed by atoms with Crippen LogP contribution in [0.3, 0.4) is 0 Å². The molecule has 0 bridgehead atoms. The number of nitrogens with one attached hydrogen (secondary N) is 12. The number of anilines is 1. The van der Waals surface area contributed by atoms with Gasteiger partial charge in [-0.1, -0.05) is 67.9 Å². The average Bonchev–Trinajstić information content (AvgIpc) is 3.46. The van der Waals surface area contributed by atoms with Crippen molar-refractivity contribution in [2.45, 2.75) is 145 Å². The van der Waals surface area contributed by atoms with Crippen LogP contribution >= 0.6 is 11.6 Å². The summed E-state index contributed by atoms with van der Waals surface area (Å²) in [5.74, 6) is -10.3. The molecule has 0 radical (unpaired) electrons. The second-order valence-corrected chi connectivity index (χ2v) is 20.8. The summed E-state index contributed by atoms with van der Waals surface area (Å²) in [5.41, 5.74) is 24.1. The van der Waals surface area contributed by atoms with Crippen molar-refractivity contribution < 1.29 is 68.1 Å². The van der Waals surface area contributed by atoms with E-state index in [9.17, 15) is 68.1 Å². The molecule has 84 heavy (non-hydrogen) atoms. The number of amides is 12. The summed E-state index contributed by atoms with van der Waals surface area (Å²) in [6, 6.07) is -1.94. The van der Waals surface area contributed by atoms with E-state index in [0.717, 1.165) is 6.92 Å². The summed E-state index contributed by atoms with van der Waals surface area (Å²) >= 11 is 6.14. The number of rotatable bonds is 23. The van der Waals surface area contributed by atoms with E-state index in [4.69, 9.17) is 34.5 Å². The van der Waals surface area contributed by atoms with Crippen LogP contribution in [0.5, 0.6) is 0 Å². The van der Waals surface area contributed by atoms with Crippen LogP contribution in [-0.2, 0) is 54.4 Å². The molecular formula is C53H83ClN16O14. The Labute approximate surface area is 491 Å². The standard InChI is InChI=1S/C53H83ClN16O14/c1-27(2)24-38-48(79)62-33(14-19-55)43(74)61-35(16-21-57)46(77)69-41(28(3)72)51(82)59-23-18-37(45(76)60-34(15-20-56)44(75)65-39(49(80)64-38)25-30-10-6-5-7-11-30)63-50(81)40(26-71)66-52(83)42(29(4)73)70-47(78)36(17-22-58)68-53(84)67-32-13-9-8-12-31(32)54/h5-13,27-29,33-42,71-73H,14-26,55-58H2,1-4H3,(H,59,82)(H,60,76)(H,61,74)(H,62,79)(H,63,81)(H,64,80)(H,65,75)(H,66,83)(H,69,77)(H,70,78)(H2,67,68,84)/t28-,29-,33+,34+,35+,36+,37+,38+,39-,40-,41+,42+/m1/s1. The Balaban J connectivity index is 2.06. The zero-order valence-corrected chi connectivity index (χ0v) is 48.2. The van der Waals surface area contributed by atoms with Gasteiger partial charge in [-0.05, 0) is 102 Å². The smallest absolute Gasteiger partial charge is 0.319 e. The molecule has 1 saturated heterocycles. The number of nitrogens with two attached hydrogens (primary N) is 4. The molecule has 0 spiro atoms. The van der Waals surface area contributed by atoms with Crippen LogP contribution in [0.2, 0.25) is 5.02 Å². The second-order valence-electron chi connectivity index (χ2n) is 20.4. The molecule has 0 unspecified atom stereocenters. The third-order valence-electron chi connectivity index (χ3n) is 13.0. The lowest BCUT2D eigenvalue weighted by molar-refractivity contribution is -0.137. The van der Waals surface area contributed by atoms with Crippen molar-refractivity contribution in [1.82, 2.24) is 58.5 Å². The topological polar surface area (TPSA) is 497 Å². The van der Waals surface area contributed by atoms with Crippen molar-refractivity contribution in [2.24, 2.45) is 28.9 Å². The largest absolute Gasteiger partial charge is 0.394 e. The molecular weight excluding hydrogens is 1120 g/mol. The van der Waals surface area contributed by atoms with Crippen molar-refractivity contribution in [3.05, 3.63) is 65.2 Å². The molecule has 0 aromatic heterocycles. The molecule has 0 aliphatic carbocycles. The summed E-state index contributed by atoms with van der Waals surface area (Å²) in [6.45, 7) is 3.52. The summed E-state index contributed by atoms with van der Waals surface area (Å²) in [4.78, 5) is 153. The molecule has 0 saturated carbocycles. The van der Waals surface area contributed by atoms with Crippen molar-refractivity contribution in [3.8, 4) is 0 Å². The van der Waals surface area contributed by atoms with Crippen LogP contribution < -0.4 is 86.7 Å². The Bertz CT molecular complexity index is 2550. The molecule has 12 atom stereocenters. The minimum atomic E-state index is -1.93. The Kier molecular flexibility index (Phi) is 30.5. The monoisotopic (exact) mass is 1200 g/mol. The van der Waals surface area contributed by atoms with Crippen molar-refractivity contribution in [2.75, 3.05) is 44.6 Å². The quantitative estimate of drug-likeness (QED) is 0.0493. The predicted molar refractivity (Wildman–Crippen MR) is 307 cm³/mol. The molecule has 30 nitrogen and oxygen atoms in total. The Morgan fingerprint density at radius 2 is 1.11 bits per heavy atom. The highest BCUT2D eigenvalue weighted by Gasteiger charge is 2.37. The lowest BCUT2D eigenvalue weighted by Gasteiger charge is -2.28. The fourth-order valence-corrected chi connectivity index (χ4v) is 8.69. The summed E-state index contributed by atoms with van der Waals surface area (Å²) < 4.78 is 0. The summed E-state index contributed by atoms with van der Waals surface area (Å²) in [6.07, 6.45) is -4.68. The fraction of sp³-hybridized carbons (Fsp3) is 0.566. The zero-order valence-electron chi connectivity index (χ0n) is 47.4. The number of aliphatic hydroxyl groups excluding tert-OH is 3. The normalized spacial score (nSPS) is 22.5. The number of carbonyl (C=O) groups is 11. The lowest BCUT2D eigenvalue weighted by Crippen LogP contribution is -2.62. The van der Waals surface area contributed by atoms with E-state index in [-0.39, 0.29) is 81.3 Å². The van der Waals surface area contributed by atoms with Gasteiger partial charge in [-0.3, -0.25) is 47.9 Å². The van der Waals surface area contributed by atoms with E-state index in [1.165, 1.54) is 19.1 Å². The minimum absolute atomic E-state index is 0.0280. The third kappa shape index (κ3) is 23.2. The van der Waals surface area contributed by atoms with E-state index in [2.05, 4.69) is 63.8 Å². The number of aliphatic hydroxyl groups is 3. The molecule has 31 heteroatoms. The first kappa shape index (κ1) is 70.7. The van der Waals surface area contributed by atoms with E-state index in [1.807, 2.05) is 0 Å². The van der Waals surface area contributed by atoms with E-state index in [0.29, 0.717) is 5.56 Å². The van der Waals surface area contributed by atoms with Crippen LogP contribution in [0, 0.1) is 5.92 Å².